The maximum absolute atomic E-state index is 12.3. The van der Waals surface area contributed by atoms with Crippen molar-refractivity contribution in [1.82, 2.24) is 5.32 Å². The minimum Gasteiger partial charge on any atom is -0.493 e. The first kappa shape index (κ1) is 22.6. The molecule has 1 fully saturated rings. The Labute approximate surface area is 163 Å². The van der Waals surface area contributed by atoms with Crippen molar-refractivity contribution in [2.24, 2.45) is 17.6 Å². The molecule has 0 aromatic heterocycles. The fourth-order valence-electron chi connectivity index (χ4n) is 3.27. The van der Waals surface area contributed by atoms with Crippen molar-refractivity contribution in [3.05, 3.63) is 23.8 Å². The van der Waals surface area contributed by atoms with Crippen LogP contribution in [0.25, 0.3) is 0 Å². The van der Waals surface area contributed by atoms with E-state index in [2.05, 4.69) is 19.2 Å². The molecule has 1 unspecified atom stereocenters. The van der Waals surface area contributed by atoms with Crippen LogP contribution in [0, 0.1) is 11.8 Å². The molecule has 148 valence electrons. The Bertz CT molecular complexity index is 580. The van der Waals surface area contributed by atoms with Crippen molar-refractivity contribution in [2.75, 3.05) is 13.7 Å². The standard InChI is InChI=1S/C20H32N2O3.ClH/c1-13(2)12-25-18-9-8-15(10-19(18)24-4)14(3)22-20(23)11-16-6-5-7-17(16)21;/h8-10,13-14,16-17H,5-7,11-12,21H2,1-4H3,(H,22,23);1H/t14?,16-,17+;/m0./s1. The summed E-state index contributed by atoms with van der Waals surface area (Å²) in [7, 11) is 1.63. The number of methoxy groups -OCH3 is 1. The molecule has 26 heavy (non-hydrogen) atoms. The molecule has 3 N–H and O–H groups in total. The number of ether oxygens (including phenoxy) is 2. The number of hydrogen-bond donors (Lipinski definition) is 2. The summed E-state index contributed by atoms with van der Waals surface area (Å²) in [5, 5.41) is 3.07. The normalized spacial score (nSPS) is 20.4. The molecule has 0 radical (unpaired) electrons. The van der Waals surface area contributed by atoms with Crippen LogP contribution in [0.15, 0.2) is 18.2 Å². The SMILES string of the molecule is COc1cc(C(C)NC(=O)C[C@@H]2CCC[C@H]2N)ccc1OCC(C)C.Cl. The van der Waals surface area contributed by atoms with Crippen LogP contribution in [0.2, 0.25) is 0 Å². The molecule has 6 heteroatoms. The summed E-state index contributed by atoms with van der Waals surface area (Å²) in [5.41, 5.74) is 7.06. The van der Waals surface area contributed by atoms with E-state index in [9.17, 15) is 4.79 Å². The summed E-state index contributed by atoms with van der Waals surface area (Å²) in [6, 6.07) is 5.90. The van der Waals surface area contributed by atoms with Crippen LogP contribution in [0.5, 0.6) is 11.5 Å². The van der Waals surface area contributed by atoms with Gasteiger partial charge in [0.25, 0.3) is 0 Å². The maximum atomic E-state index is 12.3. The number of benzene rings is 1. The summed E-state index contributed by atoms with van der Waals surface area (Å²) < 4.78 is 11.2. The van der Waals surface area contributed by atoms with Crippen molar-refractivity contribution in [3.8, 4) is 11.5 Å². The van der Waals surface area contributed by atoms with Crippen LogP contribution in [0.3, 0.4) is 0 Å². The smallest absolute Gasteiger partial charge is 0.220 e. The molecule has 1 saturated carbocycles. The van der Waals surface area contributed by atoms with Gasteiger partial charge in [0.1, 0.15) is 0 Å². The lowest BCUT2D eigenvalue weighted by Crippen LogP contribution is -2.32. The number of carbonyl (C=O) groups excluding carboxylic acids is 1. The minimum atomic E-state index is -0.0850. The topological polar surface area (TPSA) is 73.6 Å². The summed E-state index contributed by atoms with van der Waals surface area (Å²) in [6.07, 6.45) is 3.73. The van der Waals surface area contributed by atoms with Gasteiger partial charge in [-0.1, -0.05) is 26.3 Å². The molecule has 0 bridgehead atoms. The fraction of sp³-hybridized carbons (Fsp3) is 0.650. The molecule has 2 rings (SSSR count). The van der Waals surface area contributed by atoms with Crippen LogP contribution < -0.4 is 20.5 Å². The van der Waals surface area contributed by atoms with Gasteiger partial charge in [-0.3, -0.25) is 4.79 Å². The second-order valence-corrected chi connectivity index (χ2v) is 7.46. The van der Waals surface area contributed by atoms with Gasteiger partial charge in [-0.25, -0.2) is 0 Å². The van der Waals surface area contributed by atoms with Gasteiger partial charge in [0.15, 0.2) is 11.5 Å². The van der Waals surface area contributed by atoms with E-state index in [1.54, 1.807) is 7.11 Å². The molecule has 1 aromatic rings. The average Bonchev–Trinajstić information content (AvgIpc) is 2.97. The van der Waals surface area contributed by atoms with Crippen LogP contribution >= 0.6 is 12.4 Å². The van der Waals surface area contributed by atoms with Crippen LogP contribution in [0.4, 0.5) is 0 Å². The van der Waals surface area contributed by atoms with E-state index in [0.717, 1.165) is 30.6 Å². The summed E-state index contributed by atoms with van der Waals surface area (Å²) in [6.45, 7) is 6.84. The molecule has 1 aliphatic rings. The number of carbonyl (C=O) groups is 1. The van der Waals surface area contributed by atoms with Crippen molar-refractivity contribution in [3.63, 3.8) is 0 Å². The Hall–Kier alpha value is -1.46. The third-order valence-corrected chi connectivity index (χ3v) is 4.80. The number of nitrogens with one attached hydrogen (secondary N) is 1. The highest BCUT2D eigenvalue weighted by atomic mass is 35.5. The lowest BCUT2D eigenvalue weighted by molar-refractivity contribution is -0.122. The van der Waals surface area contributed by atoms with Crippen molar-refractivity contribution < 1.29 is 14.3 Å². The Morgan fingerprint density at radius 1 is 1.27 bits per heavy atom. The first-order valence-electron chi connectivity index (χ1n) is 9.26. The van der Waals surface area contributed by atoms with Gasteiger partial charge in [-0.05, 0) is 49.3 Å². The van der Waals surface area contributed by atoms with E-state index in [-0.39, 0.29) is 30.4 Å². The van der Waals surface area contributed by atoms with Gasteiger partial charge in [0, 0.05) is 12.5 Å². The fourth-order valence-corrected chi connectivity index (χ4v) is 3.27. The third kappa shape index (κ3) is 6.36. The highest BCUT2D eigenvalue weighted by molar-refractivity contribution is 5.85. The van der Waals surface area contributed by atoms with Gasteiger partial charge in [0.2, 0.25) is 5.91 Å². The van der Waals surface area contributed by atoms with Crippen molar-refractivity contribution in [2.45, 2.75) is 58.5 Å². The third-order valence-electron chi connectivity index (χ3n) is 4.80. The molecule has 3 atom stereocenters. The van der Waals surface area contributed by atoms with E-state index in [0.29, 0.717) is 30.6 Å². The Morgan fingerprint density at radius 2 is 2.00 bits per heavy atom. The van der Waals surface area contributed by atoms with E-state index in [4.69, 9.17) is 15.2 Å². The molecule has 0 spiro atoms. The van der Waals surface area contributed by atoms with E-state index >= 15 is 0 Å². The van der Waals surface area contributed by atoms with Crippen molar-refractivity contribution in [1.29, 1.82) is 0 Å². The number of hydrogen-bond acceptors (Lipinski definition) is 4. The zero-order valence-corrected chi connectivity index (χ0v) is 17.1. The Balaban J connectivity index is 0.00000338. The van der Waals surface area contributed by atoms with E-state index < -0.39 is 0 Å². The summed E-state index contributed by atoms with van der Waals surface area (Å²) >= 11 is 0. The predicted octanol–water partition coefficient (Wildman–Crippen LogP) is 3.85. The summed E-state index contributed by atoms with van der Waals surface area (Å²) in [5.74, 6) is 2.25. The molecule has 1 amide bonds. The second kappa shape index (κ2) is 10.6. The molecule has 1 aliphatic carbocycles. The summed E-state index contributed by atoms with van der Waals surface area (Å²) in [4.78, 5) is 12.3. The zero-order valence-electron chi connectivity index (χ0n) is 16.3. The molecular formula is C20H33ClN2O3. The first-order valence-corrected chi connectivity index (χ1v) is 9.26. The van der Waals surface area contributed by atoms with E-state index in [1.165, 1.54) is 0 Å². The highest BCUT2D eigenvalue weighted by Crippen LogP contribution is 2.31. The van der Waals surface area contributed by atoms with Gasteiger partial charge in [-0.15, -0.1) is 12.4 Å². The van der Waals surface area contributed by atoms with Gasteiger partial charge >= 0.3 is 0 Å². The molecule has 0 heterocycles. The van der Waals surface area contributed by atoms with Crippen LogP contribution in [-0.4, -0.2) is 25.7 Å². The molecule has 5 nitrogen and oxygen atoms in total. The Morgan fingerprint density at radius 3 is 2.58 bits per heavy atom. The highest BCUT2D eigenvalue weighted by Gasteiger charge is 2.26. The maximum Gasteiger partial charge on any atom is 0.220 e. The van der Waals surface area contributed by atoms with Crippen LogP contribution in [-0.2, 0) is 4.79 Å². The molecular weight excluding hydrogens is 352 g/mol. The lowest BCUT2D eigenvalue weighted by Gasteiger charge is -2.20. The Kier molecular flexibility index (Phi) is 9.23. The van der Waals surface area contributed by atoms with Gasteiger partial charge in [0.05, 0.1) is 19.8 Å². The average molecular weight is 385 g/mol. The molecule has 0 aliphatic heterocycles. The number of halogens is 1. The monoisotopic (exact) mass is 384 g/mol. The van der Waals surface area contributed by atoms with E-state index in [1.807, 2.05) is 25.1 Å². The predicted molar refractivity (Wildman–Crippen MR) is 107 cm³/mol. The van der Waals surface area contributed by atoms with Crippen molar-refractivity contribution >= 4 is 18.3 Å². The zero-order chi connectivity index (χ0) is 18.4. The quantitative estimate of drug-likeness (QED) is 0.714. The first-order chi connectivity index (χ1) is 11.9. The number of nitrogens with two attached hydrogens (primary N) is 1. The molecule has 1 aromatic carbocycles. The van der Waals surface area contributed by atoms with Gasteiger partial charge in [-0.2, -0.15) is 0 Å². The molecule has 0 saturated heterocycles. The number of amides is 1. The lowest BCUT2D eigenvalue weighted by atomic mass is 9.99. The minimum absolute atomic E-state index is 0. The van der Waals surface area contributed by atoms with Crippen LogP contribution in [0.1, 0.15) is 58.1 Å². The largest absolute Gasteiger partial charge is 0.493 e. The van der Waals surface area contributed by atoms with Gasteiger partial charge < -0.3 is 20.5 Å². The number of rotatable bonds is 8. The second-order valence-electron chi connectivity index (χ2n) is 7.46.